The molecule has 2 atom stereocenters. The highest BCUT2D eigenvalue weighted by Crippen LogP contribution is 2.44. The fourth-order valence-electron chi connectivity index (χ4n) is 5.17. The molecule has 160 valence electrons. The van der Waals surface area contributed by atoms with E-state index in [1.54, 1.807) is 21.9 Å². The van der Waals surface area contributed by atoms with Gasteiger partial charge in [0.15, 0.2) is 0 Å². The van der Waals surface area contributed by atoms with E-state index in [1.807, 2.05) is 44.2 Å². The molecular weight excluding hydrogens is 404 g/mol. The Morgan fingerprint density at radius 2 is 1.88 bits per heavy atom. The van der Waals surface area contributed by atoms with Crippen LogP contribution in [0.5, 0.6) is 0 Å². The van der Waals surface area contributed by atoms with Crippen LogP contribution in [0.25, 0.3) is 0 Å². The summed E-state index contributed by atoms with van der Waals surface area (Å²) < 4.78 is 5.67. The molecule has 1 aromatic carbocycles. The van der Waals surface area contributed by atoms with E-state index in [9.17, 15) is 9.59 Å². The SMILES string of the molecule is CCc1nc(C)cc2c1CN(c1cccc(N3C(=O)O[C@H]4Cc5ccccc5[C@H]43)n1)C2=O. The minimum atomic E-state index is -0.400. The molecule has 7 nitrogen and oxygen atoms in total. The number of anilines is 2. The fourth-order valence-corrected chi connectivity index (χ4v) is 5.17. The maximum atomic E-state index is 13.2. The third-order valence-corrected chi connectivity index (χ3v) is 6.58. The third kappa shape index (κ3) is 2.67. The Balaban J connectivity index is 1.37. The first-order valence-corrected chi connectivity index (χ1v) is 10.9. The van der Waals surface area contributed by atoms with Gasteiger partial charge in [0.25, 0.3) is 5.91 Å². The Kier molecular flexibility index (Phi) is 4.08. The average molecular weight is 426 g/mol. The van der Waals surface area contributed by atoms with Crippen LogP contribution in [0.4, 0.5) is 16.4 Å². The number of hydrogen-bond acceptors (Lipinski definition) is 5. The molecule has 1 saturated heterocycles. The van der Waals surface area contributed by atoms with E-state index < -0.39 is 6.09 Å². The second kappa shape index (κ2) is 6.88. The first-order chi connectivity index (χ1) is 15.5. The van der Waals surface area contributed by atoms with Crippen LogP contribution in [0.3, 0.4) is 0 Å². The zero-order valence-corrected chi connectivity index (χ0v) is 17.9. The molecule has 2 aliphatic heterocycles. The van der Waals surface area contributed by atoms with Crippen molar-refractivity contribution in [3.8, 4) is 0 Å². The van der Waals surface area contributed by atoms with Gasteiger partial charge in [-0.25, -0.2) is 9.78 Å². The van der Waals surface area contributed by atoms with Crippen molar-refractivity contribution in [1.82, 2.24) is 9.97 Å². The number of aryl methyl sites for hydroxylation is 2. The van der Waals surface area contributed by atoms with Crippen molar-refractivity contribution in [3.05, 3.63) is 82.2 Å². The fraction of sp³-hybridized carbons (Fsp3) is 0.280. The van der Waals surface area contributed by atoms with Crippen molar-refractivity contribution in [2.75, 3.05) is 9.80 Å². The maximum Gasteiger partial charge on any atom is 0.416 e. The van der Waals surface area contributed by atoms with Gasteiger partial charge < -0.3 is 4.74 Å². The first-order valence-electron chi connectivity index (χ1n) is 10.9. The standard InChI is InChI=1S/C25H22N4O3/c1-3-19-18-13-28(24(30)17(18)11-14(2)26-19)21-9-6-10-22(27-21)29-23-16-8-5-4-7-15(16)12-20(23)32-25(29)31/h4-11,20,23H,3,12-13H2,1-2H3/t20-,23+/m0/s1. The number of ether oxygens (including phenoxy) is 1. The molecular formula is C25H22N4O3. The summed E-state index contributed by atoms with van der Waals surface area (Å²) >= 11 is 0. The summed E-state index contributed by atoms with van der Waals surface area (Å²) in [4.78, 5) is 38.6. The highest BCUT2D eigenvalue weighted by atomic mass is 16.6. The van der Waals surface area contributed by atoms with E-state index in [2.05, 4.69) is 11.1 Å². The molecule has 6 rings (SSSR count). The highest BCUT2D eigenvalue weighted by Gasteiger charge is 2.49. The molecule has 1 fully saturated rings. The third-order valence-electron chi connectivity index (χ3n) is 6.58. The van der Waals surface area contributed by atoms with Crippen molar-refractivity contribution in [2.45, 2.75) is 45.4 Å². The summed E-state index contributed by atoms with van der Waals surface area (Å²) in [5, 5.41) is 0. The van der Waals surface area contributed by atoms with Crippen molar-refractivity contribution < 1.29 is 14.3 Å². The lowest BCUT2D eigenvalue weighted by Crippen LogP contribution is -2.30. The zero-order chi connectivity index (χ0) is 22.0. The molecule has 7 heteroatoms. The Morgan fingerprint density at radius 3 is 2.72 bits per heavy atom. The summed E-state index contributed by atoms with van der Waals surface area (Å²) in [7, 11) is 0. The molecule has 0 spiro atoms. The topological polar surface area (TPSA) is 75.6 Å². The molecule has 3 aliphatic rings. The smallest absolute Gasteiger partial charge is 0.416 e. The predicted octanol–water partition coefficient (Wildman–Crippen LogP) is 4.13. The van der Waals surface area contributed by atoms with Gasteiger partial charge in [-0.1, -0.05) is 37.3 Å². The molecule has 2 aromatic heterocycles. The number of benzene rings is 1. The van der Waals surface area contributed by atoms with Gasteiger partial charge in [-0.3, -0.25) is 19.6 Å². The second-order valence-corrected chi connectivity index (χ2v) is 8.48. The van der Waals surface area contributed by atoms with Crippen LogP contribution in [-0.2, 0) is 24.1 Å². The van der Waals surface area contributed by atoms with Gasteiger partial charge in [-0.15, -0.1) is 0 Å². The first kappa shape index (κ1) is 19.0. The number of carbonyl (C=O) groups excluding carboxylic acids is 2. The molecule has 1 aliphatic carbocycles. The van der Waals surface area contributed by atoms with Gasteiger partial charge in [-0.2, -0.15) is 0 Å². The van der Waals surface area contributed by atoms with Gasteiger partial charge in [0.2, 0.25) is 0 Å². The van der Waals surface area contributed by atoms with Crippen LogP contribution >= 0.6 is 0 Å². The van der Waals surface area contributed by atoms with Crippen LogP contribution in [0, 0.1) is 6.92 Å². The number of hydrogen-bond donors (Lipinski definition) is 0. The Labute approximate surface area is 185 Å². The number of nitrogens with zero attached hydrogens (tertiary/aromatic N) is 4. The lowest BCUT2D eigenvalue weighted by atomic mass is 10.1. The van der Waals surface area contributed by atoms with Crippen LogP contribution in [-0.4, -0.2) is 28.1 Å². The molecule has 0 N–H and O–H groups in total. The van der Waals surface area contributed by atoms with E-state index in [-0.39, 0.29) is 18.1 Å². The molecule has 4 heterocycles. The average Bonchev–Trinajstić information content (AvgIpc) is 3.42. The molecule has 2 amide bonds. The van der Waals surface area contributed by atoms with E-state index in [1.165, 1.54) is 5.56 Å². The molecule has 0 unspecified atom stereocenters. The predicted molar refractivity (Wildman–Crippen MR) is 119 cm³/mol. The molecule has 3 aromatic rings. The number of pyridine rings is 2. The lowest BCUT2D eigenvalue weighted by Gasteiger charge is -2.22. The summed E-state index contributed by atoms with van der Waals surface area (Å²) in [6.07, 6.45) is 0.850. The number of rotatable bonds is 3. The van der Waals surface area contributed by atoms with Gasteiger partial charge >= 0.3 is 6.09 Å². The normalized spacial score (nSPS) is 20.9. The van der Waals surface area contributed by atoms with E-state index in [0.717, 1.165) is 28.9 Å². The van der Waals surface area contributed by atoms with E-state index in [0.29, 0.717) is 30.2 Å². The summed E-state index contributed by atoms with van der Waals surface area (Å²) in [5.74, 6) is 0.925. The lowest BCUT2D eigenvalue weighted by molar-refractivity contribution is 0.0995. The zero-order valence-electron chi connectivity index (χ0n) is 17.9. The second-order valence-electron chi connectivity index (χ2n) is 8.48. The van der Waals surface area contributed by atoms with Crippen molar-refractivity contribution in [1.29, 1.82) is 0 Å². The minimum Gasteiger partial charge on any atom is -0.443 e. The number of amides is 2. The Bertz CT molecular complexity index is 1290. The number of carbonyl (C=O) groups is 2. The van der Waals surface area contributed by atoms with Gasteiger partial charge in [-0.05, 0) is 42.7 Å². The van der Waals surface area contributed by atoms with Crippen LogP contribution in [0.2, 0.25) is 0 Å². The molecule has 0 radical (unpaired) electrons. The van der Waals surface area contributed by atoms with Crippen LogP contribution in [0.1, 0.15) is 51.4 Å². The van der Waals surface area contributed by atoms with E-state index >= 15 is 0 Å². The van der Waals surface area contributed by atoms with Gasteiger partial charge in [0.05, 0.1) is 6.54 Å². The molecule has 32 heavy (non-hydrogen) atoms. The van der Waals surface area contributed by atoms with Gasteiger partial charge in [0, 0.05) is 28.9 Å². The monoisotopic (exact) mass is 426 g/mol. The van der Waals surface area contributed by atoms with Crippen LogP contribution < -0.4 is 9.80 Å². The van der Waals surface area contributed by atoms with Crippen molar-refractivity contribution in [2.24, 2.45) is 0 Å². The van der Waals surface area contributed by atoms with Crippen molar-refractivity contribution >= 4 is 23.6 Å². The molecule has 0 saturated carbocycles. The Hall–Kier alpha value is -3.74. The quantitative estimate of drug-likeness (QED) is 0.630. The summed E-state index contributed by atoms with van der Waals surface area (Å²) in [5.41, 5.74) is 5.71. The van der Waals surface area contributed by atoms with Crippen LogP contribution in [0.15, 0.2) is 48.5 Å². The number of fused-ring (bicyclic) bond motifs is 4. The summed E-state index contributed by atoms with van der Waals surface area (Å²) in [6.45, 7) is 4.38. The van der Waals surface area contributed by atoms with Gasteiger partial charge in [0.1, 0.15) is 23.8 Å². The maximum absolute atomic E-state index is 13.2. The minimum absolute atomic E-state index is 0.0852. The Morgan fingerprint density at radius 1 is 1.06 bits per heavy atom. The highest BCUT2D eigenvalue weighted by molar-refractivity contribution is 6.10. The van der Waals surface area contributed by atoms with Crippen molar-refractivity contribution in [3.63, 3.8) is 0 Å². The largest absolute Gasteiger partial charge is 0.443 e. The molecule has 0 bridgehead atoms. The van der Waals surface area contributed by atoms with E-state index in [4.69, 9.17) is 9.72 Å². The summed E-state index contributed by atoms with van der Waals surface area (Å²) in [6, 6.07) is 15.2. The number of aromatic nitrogens is 2.